The molecule has 0 aliphatic carbocycles. The zero-order valence-electron chi connectivity index (χ0n) is 16.7. The van der Waals surface area contributed by atoms with Gasteiger partial charge in [-0.15, -0.1) is 11.3 Å². The molecule has 1 N–H and O–H groups in total. The van der Waals surface area contributed by atoms with Crippen molar-refractivity contribution in [2.75, 3.05) is 18.5 Å². The predicted molar refractivity (Wildman–Crippen MR) is 113 cm³/mol. The number of anilines is 2. The number of fused-ring (bicyclic) bond motifs is 1. The number of hydrogen-bond donors (Lipinski definition) is 1. The maximum absolute atomic E-state index is 12.2. The summed E-state index contributed by atoms with van der Waals surface area (Å²) in [6.07, 6.45) is 3.28. The molecule has 2 aromatic heterocycles. The monoisotopic (exact) mass is 413 g/mol. The van der Waals surface area contributed by atoms with E-state index in [1.807, 2.05) is 13.8 Å². The van der Waals surface area contributed by atoms with Crippen LogP contribution in [-0.2, 0) is 9.47 Å². The number of hydrogen-bond acceptors (Lipinski definition) is 8. The average Bonchev–Trinajstić information content (AvgIpc) is 3.06. The lowest BCUT2D eigenvalue weighted by atomic mass is 10.2. The first-order valence-corrected chi connectivity index (χ1v) is 10.3. The minimum absolute atomic E-state index is 0.316. The number of carbonyl (C=O) groups excluding carboxylic acids is 2. The molecule has 2 heterocycles. The van der Waals surface area contributed by atoms with Gasteiger partial charge in [-0.1, -0.05) is 13.3 Å². The van der Waals surface area contributed by atoms with E-state index in [0.29, 0.717) is 34.3 Å². The third-order valence-corrected chi connectivity index (χ3v) is 5.48. The lowest BCUT2D eigenvalue weighted by molar-refractivity contribution is 0.0497. The molecule has 0 aliphatic heterocycles. The van der Waals surface area contributed by atoms with Crippen molar-refractivity contribution in [2.45, 2.75) is 33.6 Å². The van der Waals surface area contributed by atoms with Crippen molar-refractivity contribution in [3.8, 4) is 0 Å². The number of nitrogens with one attached hydrogen (secondary N) is 1. The molecule has 0 saturated carbocycles. The van der Waals surface area contributed by atoms with E-state index in [1.165, 1.54) is 17.7 Å². The average molecular weight is 413 g/mol. The van der Waals surface area contributed by atoms with Crippen molar-refractivity contribution < 1.29 is 19.1 Å². The van der Waals surface area contributed by atoms with E-state index < -0.39 is 0 Å². The molecule has 0 amide bonds. The van der Waals surface area contributed by atoms with Gasteiger partial charge in [0.1, 0.15) is 21.9 Å². The standard InChI is InChI=1S/C21H23N3O4S/c1-4-6-11-28-20(25)14-7-9-15(10-8-14)24-18-16-13(3)17(21(26)27-5-2)29-19(16)23-12-22-18/h7-10,12H,4-6,11H2,1-3H3,(H,22,23,24). The quantitative estimate of drug-likeness (QED) is 0.416. The summed E-state index contributed by atoms with van der Waals surface area (Å²) in [6, 6.07) is 7.00. The summed E-state index contributed by atoms with van der Waals surface area (Å²) in [5, 5.41) is 4.02. The normalized spacial score (nSPS) is 10.7. The van der Waals surface area contributed by atoms with Crippen molar-refractivity contribution in [2.24, 2.45) is 0 Å². The molecule has 1 aromatic carbocycles. The van der Waals surface area contributed by atoms with Crippen molar-refractivity contribution in [1.82, 2.24) is 9.97 Å². The Hall–Kier alpha value is -3.00. The van der Waals surface area contributed by atoms with E-state index in [9.17, 15) is 9.59 Å². The van der Waals surface area contributed by atoms with Crippen LogP contribution >= 0.6 is 11.3 Å². The smallest absolute Gasteiger partial charge is 0.348 e. The summed E-state index contributed by atoms with van der Waals surface area (Å²) in [4.78, 5) is 34.0. The third kappa shape index (κ3) is 4.71. The number of nitrogens with zero attached hydrogens (tertiary/aromatic N) is 2. The molecule has 7 nitrogen and oxygen atoms in total. The third-order valence-electron chi connectivity index (χ3n) is 4.30. The Kier molecular flexibility index (Phi) is 6.77. The first-order valence-electron chi connectivity index (χ1n) is 9.50. The Morgan fingerprint density at radius 3 is 2.52 bits per heavy atom. The van der Waals surface area contributed by atoms with Crippen LogP contribution in [0.1, 0.15) is 52.3 Å². The number of carbonyl (C=O) groups is 2. The molecular weight excluding hydrogens is 390 g/mol. The maximum atomic E-state index is 12.2. The molecule has 3 aromatic rings. The van der Waals surface area contributed by atoms with Gasteiger partial charge in [0, 0.05) is 5.69 Å². The van der Waals surface area contributed by atoms with Gasteiger partial charge in [-0.2, -0.15) is 0 Å². The van der Waals surface area contributed by atoms with Crippen LogP contribution in [0.2, 0.25) is 0 Å². The van der Waals surface area contributed by atoms with Gasteiger partial charge in [-0.05, 0) is 50.1 Å². The number of benzene rings is 1. The molecule has 0 saturated heterocycles. The highest BCUT2D eigenvalue weighted by Gasteiger charge is 2.20. The number of esters is 2. The fourth-order valence-corrected chi connectivity index (χ4v) is 3.82. The summed E-state index contributed by atoms with van der Waals surface area (Å²) in [7, 11) is 0. The first-order chi connectivity index (χ1) is 14.0. The highest BCUT2D eigenvalue weighted by molar-refractivity contribution is 7.20. The first kappa shape index (κ1) is 20.7. The van der Waals surface area contributed by atoms with Gasteiger partial charge >= 0.3 is 11.9 Å². The van der Waals surface area contributed by atoms with E-state index in [1.54, 1.807) is 31.2 Å². The Morgan fingerprint density at radius 2 is 1.83 bits per heavy atom. The van der Waals surface area contributed by atoms with Crippen LogP contribution in [0.4, 0.5) is 11.5 Å². The maximum Gasteiger partial charge on any atom is 0.348 e. The van der Waals surface area contributed by atoms with Gasteiger partial charge in [0.05, 0.1) is 24.2 Å². The number of aryl methyl sites for hydroxylation is 1. The van der Waals surface area contributed by atoms with Crippen molar-refractivity contribution in [1.29, 1.82) is 0 Å². The zero-order valence-corrected chi connectivity index (χ0v) is 17.5. The Balaban J connectivity index is 1.81. The van der Waals surface area contributed by atoms with Gasteiger partial charge in [0.25, 0.3) is 0 Å². The molecule has 8 heteroatoms. The summed E-state index contributed by atoms with van der Waals surface area (Å²) in [5.41, 5.74) is 2.04. The topological polar surface area (TPSA) is 90.4 Å². The number of thiophene rings is 1. The van der Waals surface area contributed by atoms with Crippen LogP contribution in [0.25, 0.3) is 10.2 Å². The lowest BCUT2D eigenvalue weighted by Crippen LogP contribution is -2.06. The molecule has 0 unspecified atom stereocenters. The second-order valence-electron chi connectivity index (χ2n) is 6.37. The second kappa shape index (κ2) is 9.47. The fraction of sp³-hybridized carbons (Fsp3) is 0.333. The zero-order chi connectivity index (χ0) is 20.8. The predicted octanol–water partition coefficient (Wildman–Crippen LogP) is 4.88. The van der Waals surface area contributed by atoms with Crippen LogP contribution in [0.3, 0.4) is 0 Å². The van der Waals surface area contributed by atoms with E-state index >= 15 is 0 Å². The molecule has 0 radical (unpaired) electrons. The molecule has 0 spiro atoms. The Morgan fingerprint density at radius 1 is 1.07 bits per heavy atom. The van der Waals surface area contributed by atoms with Crippen LogP contribution in [0, 0.1) is 6.92 Å². The number of aromatic nitrogens is 2. The lowest BCUT2D eigenvalue weighted by Gasteiger charge is -2.09. The minimum atomic E-state index is -0.357. The van der Waals surface area contributed by atoms with Crippen LogP contribution < -0.4 is 5.32 Å². The molecule has 152 valence electrons. The summed E-state index contributed by atoms with van der Waals surface area (Å²) in [5.74, 6) is -0.0929. The van der Waals surface area contributed by atoms with Gasteiger partial charge in [0.15, 0.2) is 0 Å². The Bertz CT molecular complexity index is 1010. The van der Waals surface area contributed by atoms with E-state index in [0.717, 1.165) is 29.5 Å². The van der Waals surface area contributed by atoms with Gasteiger partial charge in [-0.25, -0.2) is 19.6 Å². The highest BCUT2D eigenvalue weighted by Crippen LogP contribution is 2.34. The molecule has 29 heavy (non-hydrogen) atoms. The van der Waals surface area contributed by atoms with Crippen LogP contribution in [0.5, 0.6) is 0 Å². The van der Waals surface area contributed by atoms with E-state index in [-0.39, 0.29) is 11.9 Å². The SMILES string of the molecule is CCCCOC(=O)c1ccc(Nc2ncnc3sc(C(=O)OCC)c(C)c23)cc1. The second-order valence-corrected chi connectivity index (χ2v) is 7.37. The summed E-state index contributed by atoms with van der Waals surface area (Å²) >= 11 is 1.29. The van der Waals surface area contributed by atoms with E-state index in [4.69, 9.17) is 9.47 Å². The fourth-order valence-electron chi connectivity index (χ4n) is 2.78. The summed E-state index contributed by atoms with van der Waals surface area (Å²) in [6.45, 7) is 6.42. The minimum Gasteiger partial charge on any atom is -0.462 e. The van der Waals surface area contributed by atoms with Crippen molar-refractivity contribution >= 4 is 45.0 Å². The molecule has 3 rings (SSSR count). The van der Waals surface area contributed by atoms with Gasteiger partial charge in [0.2, 0.25) is 0 Å². The van der Waals surface area contributed by atoms with Crippen LogP contribution in [-0.4, -0.2) is 35.1 Å². The molecule has 0 atom stereocenters. The van der Waals surface area contributed by atoms with E-state index in [2.05, 4.69) is 15.3 Å². The number of ether oxygens (including phenoxy) is 2. The summed E-state index contributed by atoms with van der Waals surface area (Å²) < 4.78 is 10.3. The van der Waals surface area contributed by atoms with Gasteiger partial charge < -0.3 is 14.8 Å². The molecular formula is C21H23N3O4S. The largest absolute Gasteiger partial charge is 0.462 e. The van der Waals surface area contributed by atoms with Crippen molar-refractivity contribution in [3.05, 3.63) is 46.6 Å². The Labute approximate surface area is 173 Å². The van der Waals surface area contributed by atoms with Crippen LogP contribution in [0.15, 0.2) is 30.6 Å². The molecule has 0 fully saturated rings. The van der Waals surface area contributed by atoms with Gasteiger partial charge in [-0.3, -0.25) is 0 Å². The number of rotatable bonds is 8. The molecule has 0 bridgehead atoms. The molecule has 0 aliphatic rings. The highest BCUT2D eigenvalue weighted by atomic mass is 32.1. The number of unbranched alkanes of at least 4 members (excludes halogenated alkanes) is 1. The van der Waals surface area contributed by atoms with Crippen molar-refractivity contribution in [3.63, 3.8) is 0 Å².